The van der Waals surface area contributed by atoms with Crippen LogP contribution in [-0.4, -0.2) is 18.0 Å². The number of hydrogen-bond acceptors (Lipinski definition) is 4. The van der Waals surface area contributed by atoms with E-state index in [1.165, 1.54) is 23.9 Å². The predicted molar refractivity (Wildman–Crippen MR) is 79.5 cm³/mol. The fraction of sp³-hybridized carbons (Fsp3) is 0.200. The highest BCUT2D eigenvalue weighted by molar-refractivity contribution is 7.99. The third-order valence-corrected chi connectivity index (χ3v) is 3.83. The number of aliphatic hydroxyl groups excluding tert-OH is 1. The highest BCUT2D eigenvalue weighted by Gasteiger charge is 2.10. The second-order valence-corrected chi connectivity index (χ2v) is 5.42. The minimum absolute atomic E-state index is 0.372. The summed E-state index contributed by atoms with van der Waals surface area (Å²) in [5.74, 6) is 0.737. The van der Waals surface area contributed by atoms with Crippen LogP contribution in [0.15, 0.2) is 47.4 Å². The van der Waals surface area contributed by atoms with Gasteiger partial charge in [0.2, 0.25) is 0 Å². The molecule has 0 spiro atoms. The zero-order valence-electron chi connectivity index (χ0n) is 11.0. The smallest absolute Gasteiger partial charge is 0.126 e. The number of hydrogen-bond donors (Lipinski definition) is 2. The van der Waals surface area contributed by atoms with E-state index in [1.807, 2.05) is 18.2 Å². The van der Waals surface area contributed by atoms with Crippen LogP contribution >= 0.6 is 11.8 Å². The van der Waals surface area contributed by atoms with E-state index in [-0.39, 0.29) is 5.82 Å². The quantitative estimate of drug-likeness (QED) is 0.656. The molecule has 0 saturated carbocycles. The highest BCUT2D eigenvalue weighted by atomic mass is 32.2. The second-order valence-electron chi connectivity index (χ2n) is 4.32. The van der Waals surface area contributed by atoms with Gasteiger partial charge in [0.15, 0.2) is 0 Å². The first-order valence-corrected chi connectivity index (χ1v) is 7.08. The van der Waals surface area contributed by atoms with E-state index >= 15 is 0 Å². The van der Waals surface area contributed by atoms with E-state index in [0.29, 0.717) is 22.1 Å². The number of aliphatic hydroxyl groups is 1. The molecule has 0 aliphatic heterocycles. The SMILES string of the molecule is COc1cccc(C(O)CSc2cc(N)cc(F)c2)c1. The van der Waals surface area contributed by atoms with Crippen LogP contribution in [0.4, 0.5) is 10.1 Å². The minimum atomic E-state index is -0.653. The lowest BCUT2D eigenvalue weighted by molar-refractivity contribution is 0.203. The first-order valence-electron chi connectivity index (χ1n) is 6.09. The van der Waals surface area contributed by atoms with Gasteiger partial charge in [-0.05, 0) is 35.9 Å². The van der Waals surface area contributed by atoms with E-state index in [0.717, 1.165) is 5.56 Å². The molecule has 0 saturated heterocycles. The van der Waals surface area contributed by atoms with Crippen molar-refractivity contribution < 1.29 is 14.2 Å². The van der Waals surface area contributed by atoms with Crippen molar-refractivity contribution in [2.24, 2.45) is 0 Å². The fourth-order valence-corrected chi connectivity index (χ4v) is 2.75. The summed E-state index contributed by atoms with van der Waals surface area (Å²) in [5.41, 5.74) is 6.73. The maximum absolute atomic E-state index is 13.2. The average Bonchev–Trinajstić information content (AvgIpc) is 2.44. The number of nitrogens with two attached hydrogens (primary N) is 1. The molecule has 2 aromatic rings. The maximum Gasteiger partial charge on any atom is 0.126 e. The molecule has 2 aromatic carbocycles. The van der Waals surface area contributed by atoms with Gasteiger partial charge >= 0.3 is 0 Å². The van der Waals surface area contributed by atoms with Crippen molar-refractivity contribution >= 4 is 17.4 Å². The Morgan fingerprint density at radius 1 is 1.30 bits per heavy atom. The number of halogens is 1. The first kappa shape index (κ1) is 14.7. The minimum Gasteiger partial charge on any atom is -0.497 e. The molecule has 0 aromatic heterocycles. The molecule has 3 nitrogen and oxygen atoms in total. The van der Waals surface area contributed by atoms with Gasteiger partial charge in [-0.2, -0.15) is 0 Å². The van der Waals surface area contributed by atoms with Crippen molar-refractivity contribution in [3.8, 4) is 5.75 Å². The van der Waals surface area contributed by atoms with Crippen molar-refractivity contribution in [2.45, 2.75) is 11.0 Å². The van der Waals surface area contributed by atoms with Crippen LogP contribution in [0.25, 0.3) is 0 Å². The van der Waals surface area contributed by atoms with Crippen LogP contribution < -0.4 is 10.5 Å². The summed E-state index contributed by atoms with van der Waals surface area (Å²) >= 11 is 1.35. The highest BCUT2D eigenvalue weighted by Crippen LogP contribution is 2.28. The number of thioether (sulfide) groups is 1. The molecule has 20 heavy (non-hydrogen) atoms. The lowest BCUT2D eigenvalue weighted by Gasteiger charge is -2.12. The summed E-state index contributed by atoms with van der Waals surface area (Å²) in [4.78, 5) is 0.699. The number of nitrogen functional groups attached to an aromatic ring is 1. The Balaban J connectivity index is 2.02. The first-order chi connectivity index (χ1) is 9.58. The van der Waals surface area contributed by atoms with Gasteiger partial charge in [-0.15, -0.1) is 11.8 Å². The maximum atomic E-state index is 13.2. The summed E-state index contributed by atoms with van der Waals surface area (Å²) in [5, 5.41) is 10.1. The summed E-state index contributed by atoms with van der Waals surface area (Å²) < 4.78 is 18.3. The van der Waals surface area contributed by atoms with Crippen LogP contribution in [0.5, 0.6) is 5.75 Å². The molecule has 106 valence electrons. The van der Waals surface area contributed by atoms with E-state index in [9.17, 15) is 9.50 Å². The summed E-state index contributed by atoms with van der Waals surface area (Å²) in [7, 11) is 1.58. The molecule has 1 unspecified atom stereocenters. The molecule has 0 radical (unpaired) electrons. The van der Waals surface area contributed by atoms with E-state index in [4.69, 9.17) is 10.5 Å². The summed E-state index contributed by atoms with van der Waals surface area (Å²) in [6, 6.07) is 11.6. The Hall–Kier alpha value is -1.72. The largest absolute Gasteiger partial charge is 0.497 e. The number of ether oxygens (including phenoxy) is 1. The number of benzene rings is 2. The van der Waals surface area contributed by atoms with Crippen molar-refractivity contribution in [1.29, 1.82) is 0 Å². The number of methoxy groups -OCH3 is 1. The topological polar surface area (TPSA) is 55.5 Å². The van der Waals surface area contributed by atoms with Gasteiger partial charge in [0.1, 0.15) is 11.6 Å². The number of rotatable bonds is 5. The van der Waals surface area contributed by atoms with Gasteiger partial charge in [0.05, 0.1) is 13.2 Å². The molecule has 0 fully saturated rings. The lowest BCUT2D eigenvalue weighted by atomic mass is 10.1. The van der Waals surface area contributed by atoms with Crippen molar-refractivity contribution in [3.05, 3.63) is 53.8 Å². The van der Waals surface area contributed by atoms with E-state index in [1.54, 1.807) is 19.2 Å². The van der Waals surface area contributed by atoms with Crippen molar-refractivity contribution in [3.63, 3.8) is 0 Å². The molecule has 3 N–H and O–H groups in total. The third-order valence-electron chi connectivity index (χ3n) is 2.78. The average molecular weight is 293 g/mol. The lowest BCUT2D eigenvalue weighted by Crippen LogP contribution is -2.01. The molecule has 5 heteroatoms. The second kappa shape index (κ2) is 6.63. The van der Waals surface area contributed by atoms with Gasteiger partial charge < -0.3 is 15.6 Å². The molecule has 0 aliphatic rings. The summed E-state index contributed by atoms with van der Waals surface area (Å²) in [6.45, 7) is 0. The fourth-order valence-electron chi connectivity index (χ4n) is 1.79. The van der Waals surface area contributed by atoms with Crippen LogP contribution in [0.2, 0.25) is 0 Å². The molecule has 2 rings (SSSR count). The Kier molecular flexibility index (Phi) is 4.87. The molecule has 0 aliphatic carbocycles. The Labute approximate surface area is 121 Å². The molecular formula is C15H16FNO2S. The molecule has 0 heterocycles. The molecular weight excluding hydrogens is 277 g/mol. The van der Waals surface area contributed by atoms with Crippen LogP contribution in [0.3, 0.4) is 0 Å². The van der Waals surface area contributed by atoms with Crippen LogP contribution in [-0.2, 0) is 0 Å². The van der Waals surface area contributed by atoms with Gasteiger partial charge in [-0.1, -0.05) is 12.1 Å². The standard InChI is InChI=1S/C15H16FNO2S/c1-19-13-4-2-3-10(5-13)15(18)9-20-14-7-11(16)6-12(17)8-14/h2-8,15,18H,9,17H2,1H3. The van der Waals surface area contributed by atoms with Gasteiger partial charge in [-0.3, -0.25) is 0 Å². The monoisotopic (exact) mass is 293 g/mol. The molecule has 0 amide bonds. The number of anilines is 1. The Bertz CT molecular complexity index is 572. The van der Waals surface area contributed by atoms with E-state index in [2.05, 4.69) is 0 Å². The van der Waals surface area contributed by atoms with Crippen LogP contribution in [0, 0.1) is 5.82 Å². The third kappa shape index (κ3) is 3.88. The Morgan fingerprint density at radius 2 is 2.10 bits per heavy atom. The van der Waals surface area contributed by atoms with Crippen molar-refractivity contribution in [2.75, 3.05) is 18.6 Å². The van der Waals surface area contributed by atoms with E-state index < -0.39 is 6.10 Å². The normalized spacial score (nSPS) is 12.2. The van der Waals surface area contributed by atoms with Gasteiger partial charge in [-0.25, -0.2) is 4.39 Å². The Morgan fingerprint density at radius 3 is 2.80 bits per heavy atom. The van der Waals surface area contributed by atoms with Crippen molar-refractivity contribution in [1.82, 2.24) is 0 Å². The van der Waals surface area contributed by atoms with Crippen LogP contribution in [0.1, 0.15) is 11.7 Å². The predicted octanol–water partition coefficient (Wildman–Crippen LogP) is 3.24. The molecule has 0 bridgehead atoms. The van der Waals surface area contributed by atoms with Gasteiger partial charge in [0, 0.05) is 16.3 Å². The zero-order valence-corrected chi connectivity index (χ0v) is 11.9. The molecule has 1 atom stereocenters. The van der Waals surface area contributed by atoms with Gasteiger partial charge in [0.25, 0.3) is 0 Å². The zero-order chi connectivity index (χ0) is 14.5. The summed E-state index contributed by atoms with van der Waals surface area (Å²) in [6.07, 6.45) is -0.653.